The van der Waals surface area contributed by atoms with Gasteiger partial charge in [0.05, 0.1) is 5.66 Å². The van der Waals surface area contributed by atoms with Crippen molar-refractivity contribution in [2.45, 2.75) is 46.3 Å². The summed E-state index contributed by atoms with van der Waals surface area (Å²) in [6.07, 6.45) is 0. The Balaban J connectivity index is 3.63. The maximum Gasteiger partial charge on any atom is 0.0631 e. The smallest absolute Gasteiger partial charge is 0.0631 e. The van der Waals surface area contributed by atoms with E-state index in [0.29, 0.717) is 6.04 Å². The highest BCUT2D eigenvalue weighted by Crippen LogP contribution is 1.97. The molecule has 0 aliphatic heterocycles. The molecule has 0 bridgehead atoms. The molecule has 0 radical (unpaired) electrons. The van der Waals surface area contributed by atoms with Gasteiger partial charge in [-0.15, -0.1) is 0 Å². The standard InChI is InChI=1S/C8H20N2/c1-6-9-8(4,5)10-7(2)3/h7,9-10H,6H2,1-5H3. The average Bonchev–Trinajstić information content (AvgIpc) is 1.59. The predicted molar refractivity (Wildman–Crippen MR) is 46.0 cm³/mol. The van der Waals surface area contributed by atoms with E-state index in [1.165, 1.54) is 0 Å². The zero-order valence-electron chi connectivity index (χ0n) is 7.78. The highest BCUT2D eigenvalue weighted by atomic mass is 15.2. The van der Waals surface area contributed by atoms with Gasteiger partial charge in [0.2, 0.25) is 0 Å². The molecule has 0 rings (SSSR count). The van der Waals surface area contributed by atoms with Crippen LogP contribution in [0.3, 0.4) is 0 Å². The molecule has 0 atom stereocenters. The fraction of sp³-hybridized carbons (Fsp3) is 1.00. The molecule has 0 unspecified atom stereocenters. The summed E-state index contributed by atoms with van der Waals surface area (Å²) in [4.78, 5) is 0. The number of hydrogen-bond donors (Lipinski definition) is 2. The summed E-state index contributed by atoms with van der Waals surface area (Å²) < 4.78 is 0. The summed E-state index contributed by atoms with van der Waals surface area (Å²) in [6.45, 7) is 11.7. The average molecular weight is 144 g/mol. The van der Waals surface area contributed by atoms with Crippen LogP contribution in [0.4, 0.5) is 0 Å². The van der Waals surface area contributed by atoms with Gasteiger partial charge < -0.3 is 5.32 Å². The second kappa shape index (κ2) is 3.94. The molecule has 0 saturated carbocycles. The molecule has 2 N–H and O–H groups in total. The maximum absolute atomic E-state index is 3.41. The van der Waals surface area contributed by atoms with Gasteiger partial charge in [0.25, 0.3) is 0 Å². The quantitative estimate of drug-likeness (QED) is 0.582. The normalized spacial score (nSPS) is 12.6. The van der Waals surface area contributed by atoms with Crippen LogP contribution in [0.25, 0.3) is 0 Å². The molecule has 10 heavy (non-hydrogen) atoms. The molecule has 62 valence electrons. The van der Waals surface area contributed by atoms with Crippen LogP contribution in [0.5, 0.6) is 0 Å². The molecule has 0 spiro atoms. The molecule has 0 saturated heterocycles. The van der Waals surface area contributed by atoms with Gasteiger partial charge in [0, 0.05) is 6.04 Å². The van der Waals surface area contributed by atoms with Crippen LogP contribution in [0.2, 0.25) is 0 Å². The summed E-state index contributed by atoms with van der Waals surface area (Å²) in [5.41, 5.74) is 0.0723. The molecule has 0 amide bonds. The van der Waals surface area contributed by atoms with E-state index in [4.69, 9.17) is 0 Å². The number of nitrogens with one attached hydrogen (secondary N) is 2. The molecule has 0 heterocycles. The highest BCUT2D eigenvalue weighted by molar-refractivity contribution is 4.75. The highest BCUT2D eigenvalue weighted by Gasteiger charge is 2.15. The van der Waals surface area contributed by atoms with Crippen molar-refractivity contribution in [3.63, 3.8) is 0 Å². The summed E-state index contributed by atoms with van der Waals surface area (Å²) in [6, 6.07) is 0.536. The Morgan fingerprint density at radius 1 is 1.30 bits per heavy atom. The zero-order chi connectivity index (χ0) is 8.20. The lowest BCUT2D eigenvalue weighted by atomic mass is 10.2. The van der Waals surface area contributed by atoms with Gasteiger partial charge in [-0.05, 0) is 34.2 Å². The first-order valence-electron chi connectivity index (χ1n) is 4.00. The Hall–Kier alpha value is -0.0800. The SMILES string of the molecule is CCNC(C)(C)NC(C)C. The summed E-state index contributed by atoms with van der Waals surface area (Å²) in [7, 11) is 0. The van der Waals surface area contributed by atoms with Crippen LogP contribution in [0, 0.1) is 0 Å². The fourth-order valence-corrected chi connectivity index (χ4v) is 1.21. The topological polar surface area (TPSA) is 24.1 Å². The van der Waals surface area contributed by atoms with E-state index in [-0.39, 0.29) is 5.66 Å². The monoisotopic (exact) mass is 144 g/mol. The van der Waals surface area contributed by atoms with Gasteiger partial charge in [0.1, 0.15) is 0 Å². The second-order valence-electron chi connectivity index (χ2n) is 3.45. The lowest BCUT2D eigenvalue weighted by Crippen LogP contribution is -2.54. The van der Waals surface area contributed by atoms with E-state index in [0.717, 1.165) is 6.54 Å². The van der Waals surface area contributed by atoms with Crippen molar-refractivity contribution in [2.75, 3.05) is 6.54 Å². The second-order valence-corrected chi connectivity index (χ2v) is 3.45. The van der Waals surface area contributed by atoms with Crippen molar-refractivity contribution in [3.8, 4) is 0 Å². The lowest BCUT2D eigenvalue weighted by molar-refractivity contribution is 0.293. The van der Waals surface area contributed by atoms with Crippen molar-refractivity contribution in [1.29, 1.82) is 0 Å². The third-order valence-electron chi connectivity index (χ3n) is 1.27. The first-order valence-corrected chi connectivity index (χ1v) is 4.00. The Bertz CT molecular complexity index is 87.3. The van der Waals surface area contributed by atoms with Crippen molar-refractivity contribution in [3.05, 3.63) is 0 Å². The minimum Gasteiger partial charge on any atom is -0.300 e. The summed E-state index contributed by atoms with van der Waals surface area (Å²) in [5, 5.41) is 6.75. The van der Waals surface area contributed by atoms with Crippen molar-refractivity contribution >= 4 is 0 Å². The summed E-state index contributed by atoms with van der Waals surface area (Å²) in [5.74, 6) is 0. The van der Waals surface area contributed by atoms with Crippen molar-refractivity contribution < 1.29 is 0 Å². The Morgan fingerprint density at radius 3 is 2.10 bits per heavy atom. The Labute approximate surface area is 64.4 Å². The number of hydrogen-bond acceptors (Lipinski definition) is 2. The lowest BCUT2D eigenvalue weighted by Gasteiger charge is -2.29. The van der Waals surface area contributed by atoms with Crippen LogP contribution < -0.4 is 10.6 Å². The zero-order valence-corrected chi connectivity index (χ0v) is 7.78. The third kappa shape index (κ3) is 4.77. The van der Waals surface area contributed by atoms with Crippen LogP contribution in [0.15, 0.2) is 0 Å². The third-order valence-corrected chi connectivity index (χ3v) is 1.27. The van der Waals surface area contributed by atoms with E-state index in [1.54, 1.807) is 0 Å². The predicted octanol–water partition coefficient (Wildman–Crippen LogP) is 1.33. The molecule has 0 aromatic rings. The van der Waals surface area contributed by atoms with Gasteiger partial charge in [-0.25, -0.2) is 0 Å². The maximum atomic E-state index is 3.41. The largest absolute Gasteiger partial charge is 0.300 e. The van der Waals surface area contributed by atoms with Gasteiger partial charge in [-0.3, -0.25) is 5.32 Å². The van der Waals surface area contributed by atoms with Gasteiger partial charge in [-0.2, -0.15) is 0 Å². The van der Waals surface area contributed by atoms with E-state index < -0.39 is 0 Å². The molecule has 2 nitrogen and oxygen atoms in total. The molecule has 2 heteroatoms. The van der Waals surface area contributed by atoms with Crippen LogP contribution in [-0.4, -0.2) is 18.2 Å². The number of rotatable bonds is 4. The van der Waals surface area contributed by atoms with Gasteiger partial charge in [0.15, 0.2) is 0 Å². The van der Waals surface area contributed by atoms with Crippen molar-refractivity contribution in [1.82, 2.24) is 10.6 Å². The summed E-state index contributed by atoms with van der Waals surface area (Å²) >= 11 is 0. The molecule has 0 aromatic heterocycles. The first kappa shape index (κ1) is 9.92. The molecule has 0 aliphatic rings. The Kier molecular flexibility index (Phi) is 3.91. The molecule has 0 aliphatic carbocycles. The van der Waals surface area contributed by atoms with Gasteiger partial charge >= 0.3 is 0 Å². The fourth-order valence-electron chi connectivity index (χ4n) is 1.21. The van der Waals surface area contributed by atoms with Gasteiger partial charge in [-0.1, -0.05) is 6.92 Å². The van der Waals surface area contributed by atoms with Crippen LogP contribution >= 0.6 is 0 Å². The minimum atomic E-state index is 0.0723. The molecular formula is C8H20N2. The van der Waals surface area contributed by atoms with E-state index in [1.807, 2.05) is 0 Å². The Morgan fingerprint density at radius 2 is 1.80 bits per heavy atom. The first-order chi connectivity index (χ1) is 4.48. The van der Waals surface area contributed by atoms with Crippen LogP contribution in [-0.2, 0) is 0 Å². The van der Waals surface area contributed by atoms with E-state index >= 15 is 0 Å². The van der Waals surface area contributed by atoms with Crippen molar-refractivity contribution in [2.24, 2.45) is 0 Å². The van der Waals surface area contributed by atoms with E-state index in [9.17, 15) is 0 Å². The molecular weight excluding hydrogens is 124 g/mol. The van der Waals surface area contributed by atoms with E-state index in [2.05, 4.69) is 45.3 Å². The minimum absolute atomic E-state index is 0.0723. The molecule has 0 aromatic carbocycles. The van der Waals surface area contributed by atoms with Crippen LogP contribution in [0.1, 0.15) is 34.6 Å². The molecule has 0 fully saturated rings.